The van der Waals surface area contributed by atoms with Crippen molar-refractivity contribution in [2.24, 2.45) is 0 Å². The van der Waals surface area contributed by atoms with Crippen LogP contribution in [-0.4, -0.2) is 11.4 Å². The maximum atomic E-state index is 10.3. The van der Waals surface area contributed by atoms with Crippen molar-refractivity contribution in [2.45, 2.75) is 12.8 Å². The number of carbonyl (C=O) groups excluding carboxylic acids is 1. The summed E-state index contributed by atoms with van der Waals surface area (Å²) in [6.07, 6.45) is 1.56. The Kier molecular flexibility index (Phi) is 3.04. The highest BCUT2D eigenvalue weighted by Gasteiger charge is 2.01. The number of benzene rings is 1. The molecule has 1 aromatic carbocycles. The molecule has 0 atom stereocenters. The molecule has 3 nitrogen and oxygen atoms in total. The maximum Gasteiger partial charge on any atom is 0.150 e. The molecular weight excluding hydrogens is 166 g/mol. The van der Waals surface area contributed by atoms with E-state index in [1.165, 1.54) is 6.07 Å². The number of phenolic OH excluding ortho intramolecular Hbond substituents is 1. The third-order valence-corrected chi connectivity index (χ3v) is 1.75. The number of nitriles is 1. The normalized spacial score (nSPS) is 9.15. The molecular formula is C10H9NO2. The molecule has 0 aliphatic carbocycles. The lowest BCUT2D eigenvalue weighted by molar-refractivity contribution is 0.112. The fourth-order valence-corrected chi connectivity index (χ4v) is 1.06. The minimum Gasteiger partial charge on any atom is -0.508 e. The molecule has 66 valence electrons. The second-order valence-electron chi connectivity index (χ2n) is 2.66. The first-order chi connectivity index (χ1) is 6.27. The van der Waals surface area contributed by atoms with Crippen molar-refractivity contribution in [3.8, 4) is 11.8 Å². The summed E-state index contributed by atoms with van der Waals surface area (Å²) in [6.45, 7) is 0. The van der Waals surface area contributed by atoms with E-state index in [-0.39, 0.29) is 5.75 Å². The SMILES string of the molecule is N#CCCc1ccc(C=O)cc1O. The number of hydrogen-bond donors (Lipinski definition) is 1. The van der Waals surface area contributed by atoms with E-state index in [2.05, 4.69) is 0 Å². The molecule has 0 radical (unpaired) electrons. The van der Waals surface area contributed by atoms with Crippen molar-refractivity contribution in [2.75, 3.05) is 0 Å². The molecule has 1 rings (SSSR count). The lowest BCUT2D eigenvalue weighted by Gasteiger charge is -2.01. The second kappa shape index (κ2) is 4.27. The number of phenols is 1. The number of carbonyl (C=O) groups is 1. The zero-order valence-corrected chi connectivity index (χ0v) is 7.03. The van der Waals surface area contributed by atoms with Crippen molar-refractivity contribution in [1.82, 2.24) is 0 Å². The Morgan fingerprint density at radius 1 is 1.54 bits per heavy atom. The van der Waals surface area contributed by atoms with E-state index in [4.69, 9.17) is 5.26 Å². The van der Waals surface area contributed by atoms with Gasteiger partial charge in [-0.1, -0.05) is 12.1 Å². The van der Waals surface area contributed by atoms with Crippen LogP contribution in [0.15, 0.2) is 18.2 Å². The van der Waals surface area contributed by atoms with Crippen LogP contribution in [0.25, 0.3) is 0 Å². The minimum absolute atomic E-state index is 0.0832. The molecule has 0 heterocycles. The molecule has 0 saturated heterocycles. The van der Waals surface area contributed by atoms with E-state index in [9.17, 15) is 9.90 Å². The lowest BCUT2D eigenvalue weighted by atomic mass is 10.1. The minimum atomic E-state index is 0.0832. The summed E-state index contributed by atoms with van der Waals surface area (Å²) >= 11 is 0. The van der Waals surface area contributed by atoms with Gasteiger partial charge in [-0.15, -0.1) is 0 Å². The first-order valence-corrected chi connectivity index (χ1v) is 3.92. The Bertz CT molecular complexity index is 352. The van der Waals surface area contributed by atoms with Crippen LogP contribution >= 0.6 is 0 Å². The molecule has 1 aromatic rings. The van der Waals surface area contributed by atoms with Gasteiger partial charge in [-0.3, -0.25) is 4.79 Å². The summed E-state index contributed by atoms with van der Waals surface area (Å²) in [5.41, 5.74) is 1.14. The van der Waals surface area contributed by atoms with Gasteiger partial charge in [0.1, 0.15) is 12.0 Å². The summed E-state index contributed by atoms with van der Waals surface area (Å²) in [6, 6.07) is 6.68. The molecule has 1 N–H and O–H groups in total. The van der Waals surface area contributed by atoms with Crippen molar-refractivity contribution >= 4 is 6.29 Å². The Hall–Kier alpha value is -1.82. The molecule has 0 aliphatic rings. The molecule has 0 unspecified atom stereocenters. The van der Waals surface area contributed by atoms with Gasteiger partial charge in [0, 0.05) is 12.0 Å². The molecule has 0 fully saturated rings. The summed E-state index contributed by atoms with van der Waals surface area (Å²) < 4.78 is 0. The topological polar surface area (TPSA) is 61.1 Å². The Labute approximate surface area is 76.2 Å². The Morgan fingerprint density at radius 3 is 2.85 bits per heavy atom. The number of aromatic hydroxyl groups is 1. The van der Waals surface area contributed by atoms with Gasteiger partial charge in [0.2, 0.25) is 0 Å². The quantitative estimate of drug-likeness (QED) is 0.710. The standard InChI is InChI=1S/C10H9NO2/c11-5-1-2-9-4-3-8(7-12)6-10(9)13/h3-4,6-7,13H,1-2H2. The molecule has 0 bridgehead atoms. The number of rotatable bonds is 3. The maximum absolute atomic E-state index is 10.3. The van der Waals surface area contributed by atoms with E-state index in [0.717, 1.165) is 0 Å². The molecule has 3 heteroatoms. The van der Waals surface area contributed by atoms with Crippen LogP contribution in [0.2, 0.25) is 0 Å². The Morgan fingerprint density at radius 2 is 2.31 bits per heavy atom. The van der Waals surface area contributed by atoms with Crippen LogP contribution in [0.3, 0.4) is 0 Å². The average molecular weight is 175 g/mol. The van der Waals surface area contributed by atoms with Gasteiger partial charge in [-0.2, -0.15) is 5.26 Å². The van der Waals surface area contributed by atoms with Crippen LogP contribution < -0.4 is 0 Å². The molecule has 0 saturated carbocycles. The van der Waals surface area contributed by atoms with Gasteiger partial charge in [0.15, 0.2) is 0 Å². The van der Waals surface area contributed by atoms with Crippen molar-refractivity contribution < 1.29 is 9.90 Å². The fourth-order valence-electron chi connectivity index (χ4n) is 1.06. The van der Waals surface area contributed by atoms with Crippen LogP contribution in [0.4, 0.5) is 0 Å². The fraction of sp³-hybridized carbons (Fsp3) is 0.200. The van der Waals surface area contributed by atoms with Crippen LogP contribution in [-0.2, 0) is 6.42 Å². The highest BCUT2D eigenvalue weighted by molar-refractivity contribution is 5.75. The summed E-state index contributed by atoms with van der Waals surface area (Å²) in [7, 11) is 0. The van der Waals surface area contributed by atoms with E-state index in [1.807, 2.05) is 6.07 Å². The first kappa shape index (κ1) is 9.27. The number of hydrogen-bond acceptors (Lipinski definition) is 3. The average Bonchev–Trinajstić information content (AvgIpc) is 2.16. The number of aldehydes is 1. The van der Waals surface area contributed by atoms with E-state index in [1.54, 1.807) is 12.1 Å². The second-order valence-corrected chi connectivity index (χ2v) is 2.66. The number of nitrogens with zero attached hydrogens (tertiary/aromatic N) is 1. The lowest BCUT2D eigenvalue weighted by Crippen LogP contribution is -1.87. The first-order valence-electron chi connectivity index (χ1n) is 3.92. The van der Waals surface area contributed by atoms with E-state index < -0.39 is 0 Å². The predicted molar refractivity (Wildman–Crippen MR) is 47.4 cm³/mol. The summed E-state index contributed by atoms with van der Waals surface area (Å²) in [5, 5.41) is 17.7. The van der Waals surface area contributed by atoms with Gasteiger partial charge < -0.3 is 5.11 Å². The van der Waals surface area contributed by atoms with Gasteiger partial charge in [-0.05, 0) is 18.1 Å². The van der Waals surface area contributed by atoms with Crippen LogP contribution in [0.1, 0.15) is 22.3 Å². The summed E-state index contributed by atoms with van der Waals surface area (Å²) in [4.78, 5) is 10.3. The van der Waals surface area contributed by atoms with Crippen LogP contribution in [0, 0.1) is 11.3 Å². The highest BCUT2D eigenvalue weighted by atomic mass is 16.3. The molecule has 13 heavy (non-hydrogen) atoms. The molecule has 0 aliphatic heterocycles. The molecule has 0 aromatic heterocycles. The Balaban J connectivity index is 2.86. The molecule has 0 spiro atoms. The van der Waals surface area contributed by atoms with Crippen molar-refractivity contribution in [3.63, 3.8) is 0 Å². The van der Waals surface area contributed by atoms with Crippen LogP contribution in [0.5, 0.6) is 5.75 Å². The largest absolute Gasteiger partial charge is 0.508 e. The van der Waals surface area contributed by atoms with Gasteiger partial charge >= 0.3 is 0 Å². The van der Waals surface area contributed by atoms with Crippen molar-refractivity contribution in [3.05, 3.63) is 29.3 Å². The zero-order chi connectivity index (χ0) is 9.68. The van der Waals surface area contributed by atoms with E-state index in [0.29, 0.717) is 30.3 Å². The number of aryl methyl sites for hydroxylation is 1. The van der Waals surface area contributed by atoms with Gasteiger partial charge in [0.05, 0.1) is 6.07 Å². The molecule has 0 amide bonds. The predicted octanol–water partition coefficient (Wildman–Crippen LogP) is 1.66. The third-order valence-electron chi connectivity index (χ3n) is 1.75. The third kappa shape index (κ3) is 2.31. The highest BCUT2D eigenvalue weighted by Crippen LogP contribution is 2.19. The van der Waals surface area contributed by atoms with Crippen molar-refractivity contribution in [1.29, 1.82) is 5.26 Å². The van der Waals surface area contributed by atoms with Gasteiger partial charge in [-0.25, -0.2) is 0 Å². The zero-order valence-electron chi connectivity index (χ0n) is 7.03. The van der Waals surface area contributed by atoms with E-state index >= 15 is 0 Å². The monoisotopic (exact) mass is 175 g/mol. The smallest absolute Gasteiger partial charge is 0.150 e. The summed E-state index contributed by atoms with van der Waals surface area (Å²) in [5.74, 6) is 0.0832. The van der Waals surface area contributed by atoms with Gasteiger partial charge in [0.25, 0.3) is 0 Å².